The molecule has 0 aliphatic carbocycles. The Morgan fingerprint density at radius 2 is 2.28 bits per heavy atom. The standard InChI is InChI=1S/C12H19NO4S/c1-4-16-12(15)7-10-8(2)11(18-13-10)5-6-17-9(3)14/h7-8,11,13H,4-6H2,1-3H3/p+1. The van der Waals surface area contributed by atoms with Crippen molar-refractivity contribution < 1.29 is 19.1 Å². The fourth-order valence-electron chi connectivity index (χ4n) is 1.64. The Morgan fingerprint density at radius 1 is 1.56 bits per heavy atom. The van der Waals surface area contributed by atoms with E-state index in [-0.39, 0.29) is 17.9 Å². The molecule has 18 heavy (non-hydrogen) atoms. The molecule has 0 radical (unpaired) electrons. The zero-order valence-corrected chi connectivity index (χ0v) is 11.8. The van der Waals surface area contributed by atoms with Crippen LogP contribution in [0.15, 0.2) is 11.8 Å². The molecule has 1 saturated heterocycles. The largest absolute Gasteiger partial charge is 0.479 e. The van der Waals surface area contributed by atoms with E-state index in [4.69, 9.17) is 14.3 Å². The van der Waals surface area contributed by atoms with Gasteiger partial charge < -0.3 is 19.0 Å². The Kier molecular flexibility index (Phi) is 6.04. The van der Waals surface area contributed by atoms with Gasteiger partial charge in [-0.25, -0.2) is 4.79 Å². The lowest BCUT2D eigenvalue weighted by atomic mass is 10.0. The number of nitrogens with one attached hydrogen (secondary N) is 1. The molecular weight excluding hydrogens is 254 g/mol. The van der Waals surface area contributed by atoms with Crippen LogP contribution in [-0.4, -0.2) is 35.2 Å². The Balaban J connectivity index is 2.43. The molecule has 102 valence electrons. The van der Waals surface area contributed by atoms with Crippen molar-refractivity contribution in [3.8, 4) is 0 Å². The quantitative estimate of drug-likeness (QED) is 0.357. The molecule has 0 saturated carbocycles. The normalized spacial score (nSPS) is 24.7. The van der Waals surface area contributed by atoms with Crippen molar-refractivity contribution in [2.45, 2.75) is 32.4 Å². The Labute approximate surface area is 111 Å². The third-order valence-corrected chi connectivity index (χ3v) is 3.95. The molecule has 1 heterocycles. The Bertz CT molecular complexity index is 343. The van der Waals surface area contributed by atoms with Crippen LogP contribution < -0.4 is 4.72 Å². The van der Waals surface area contributed by atoms with Gasteiger partial charge in [-0.15, -0.1) is 0 Å². The van der Waals surface area contributed by atoms with Crippen LogP contribution in [-0.2, 0) is 14.3 Å². The minimum absolute atomic E-state index is 0.0131. The number of carbonyl (C=O) groups excluding carboxylic acids is 2. The SMILES string of the molecule is CCOC(=O)C=C1NSC(CCOC(C)=[OH+])C1C. The number of hydrogen-bond donors (Lipinski definition) is 1. The average molecular weight is 274 g/mol. The van der Waals surface area contributed by atoms with Gasteiger partial charge >= 0.3 is 11.9 Å². The monoisotopic (exact) mass is 274 g/mol. The number of allylic oxidation sites excluding steroid dienone is 1. The molecule has 0 aromatic carbocycles. The molecule has 1 aliphatic heterocycles. The van der Waals surface area contributed by atoms with E-state index < -0.39 is 0 Å². The van der Waals surface area contributed by atoms with E-state index in [2.05, 4.69) is 11.6 Å². The molecule has 1 rings (SSSR count). The van der Waals surface area contributed by atoms with Crippen molar-refractivity contribution in [3.05, 3.63) is 11.8 Å². The summed E-state index contributed by atoms with van der Waals surface area (Å²) >= 11 is 1.57. The lowest BCUT2D eigenvalue weighted by molar-refractivity contribution is -0.137. The summed E-state index contributed by atoms with van der Waals surface area (Å²) in [7, 11) is 0. The number of hydrogen-bond acceptors (Lipinski definition) is 5. The molecular formula is C12H20NO4S+. The summed E-state index contributed by atoms with van der Waals surface area (Å²) < 4.78 is 13.0. The van der Waals surface area contributed by atoms with Crippen molar-refractivity contribution in [2.75, 3.05) is 13.2 Å². The fraction of sp³-hybridized carbons (Fsp3) is 0.667. The van der Waals surface area contributed by atoms with E-state index in [0.717, 1.165) is 12.1 Å². The van der Waals surface area contributed by atoms with Gasteiger partial charge in [0.2, 0.25) is 0 Å². The summed E-state index contributed by atoms with van der Waals surface area (Å²) in [4.78, 5) is 20.3. The molecule has 2 N–H and O–H groups in total. The van der Waals surface area contributed by atoms with Gasteiger partial charge in [0, 0.05) is 29.4 Å². The van der Waals surface area contributed by atoms with Gasteiger partial charge in [-0.1, -0.05) is 6.92 Å². The van der Waals surface area contributed by atoms with Crippen molar-refractivity contribution in [2.24, 2.45) is 5.92 Å². The molecule has 0 amide bonds. The lowest BCUT2D eigenvalue weighted by Crippen LogP contribution is -2.15. The van der Waals surface area contributed by atoms with Crippen molar-refractivity contribution >= 4 is 23.9 Å². The molecule has 0 aromatic heterocycles. The molecule has 0 aromatic rings. The molecule has 1 fully saturated rings. The second-order valence-electron chi connectivity index (χ2n) is 4.05. The first-order chi connectivity index (χ1) is 8.54. The van der Waals surface area contributed by atoms with Crippen LogP contribution in [0.1, 0.15) is 27.2 Å². The molecule has 2 atom stereocenters. The van der Waals surface area contributed by atoms with Crippen LogP contribution >= 0.6 is 11.9 Å². The molecule has 6 heteroatoms. The number of carbonyl (C=O) groups is 1. The highest BCUT2D eigenvalue weighted by Crippen LogP contribution is 2.33. The molecule has 1 aliphatic rings. The lowest BCUT2D eigenvalue weighted by Gasteiger charge is -2.10. The van der Waals surface area contributed by atoms with E-state index in [1.807, 2.05) is 0 Å². The summed E-state index contributed by atoms with van der Waals surface area (Å²) in [6.45, 7) is 6.20. The maximum absolute atomic E-state index is 11.3. The molecule has 0 spiro atoms. The van der Waals surface area contributed by atoms with E-state index in [0.29, 0.717) is 18.5 Å². The minimum atomic E-state index is -0.316. The topological polar surface area (TPSA) is 69.0 Å². The second kappa shape index (κ2) is 7.31. The van der Waals surface area contributed by atoms with Crippen molar-refractivity contribution in [1.29, 1.82) is 0 Å². The van der Waals surface area contributed by atoms with Crippen LogP contribution in [0.3, 0.4) is 0 Å². The first kappa shape index (κ1) is 14.9. The summed E-state index contributed by atoms with van der Waals surface area (Å²) in [5.74, 6) is -0.0909. The van der Waals surface area contributed by atoms with Crippen LogP contribution in [0.25, 0.3) is 0 Å². The van der Waals surface area contributed by atoms with Gasteiger partial charge in [0.1, 0.15) is 0 Å². The van der Waals surface area contributed by atoms with Gasteiger partial charge in [-0.05, 0) is 18.9 Å². The van der Waals surface area contributed by atoms with E-state index >= 15 is 0 Å². The van der Waals surface area contributed by atoms with Gasteiger partial charge in [0.05, 0.1) is 13.5 Å². The maximum atomic E-state index is 11.3. The predicted molar refractivity (Wildman–Crippen MR) is 71.6 cm³/mol. The van der Waals surface area contributed by atoms with Crippen LogP contribution in [0, 0.1) is 5.92 Å². The minimum Gasteiger partial charge on any atom is -0.463 e. The smallest absolute Gasteiger partial charge is 0.463 e. The van der Waals surface area contributed by atoms with Crippen molar-refractivity contribution in [1.82, 2.24) is 4.72 Å². The first-order valence-corrected chi connectivity index (χ1v) is 6.87. The first-order valence-electron chi connectivity index (χ1n) is 6.00. The highest BCUT2D eigenvalue weighted by atomic mass is 32.2. The van der Waals surface area contributed by atoms with Gasteiger partial charge in [0.25, 0.3) is 0 Å². The van der Waals surface area contributed by atoms with Gasteiger partial charge in [-0.2, -0.15) is 0 Å². The summed E-state index contributed by atoms with van der Waals surface area (Å²) in [6.07, 6.45) is 2.31. The second-order valence-corrected chi connectivity index (χ2v) is 5.10. The summed E-state index contributed by atoms with van der Waals surface area (Å²) in [5, 5.41) is 0.324. The van der Waals surface area contributed by atoms with Crippen molar-refractivity contribution in [3.63, 3.8) is 0 Å². The highest BCUT2D eigenvalue weighted by Gasteiger charge is 2.30. The Hall–Kier alpha value is -1.17. The summed E-state index contributed by atoms with van der Waals surface area (Å²) in [6, 6.07) is 0. The number of rotatable bonds is 5. The zero-order valence-electron chi connectivity index (χ0n) is 10.9. The van der Waals surface area contributed by atoms with Gasteiger partial charge in [0.15, 0.2) is 6.61 Å². The third-order valence-electron chi connectivity index (χ3n) is 2.65. The average Bonchev–Trinajstić information content (AvgIpc) is 2.61. The van der Waals surface area contributed by atoms with E-state index in [1.54, 1.807) is 18.9 Å². The van der Waals surface area contributed by atoms with E-state index in [9.17, 15) is 4.79 Å². The van der Waals surface area contributed by atoms with Crippen LogP contribution in [0.2, 0.25) is 0 Å². The molecule has 0 bridgehead atoms. The van der Waals surface area contributed by atoms with Gasteiger partial charge in [-0.3, -0.25) is 0 Å². The van der Waals surface area contributed by atoms with Crippen LogP contribution in [0.5, 0.6) is 0 Å². The number of esters is 2. The van der Waals surface area contributed by atoms with Crippen LogP contribution in [0.4, 0.5) is 0 Å². The zero-order chi connectivity index (χ0) is 13.5. The third kappa shape index (κ3) is 4.60. The predicted octanol–water partition coefficient (Wildman–Crippen LogP) is 1.62. The molecule has 2 unspecified atom stereocenters. The Morgan fingerprint density at radius 3 is 2.89 bits per heavy atom. The number of ether oxygens (including phenoxy) is 2. The van der Waals surface area contributed by atoms with E-state index in [1.165, 1.54) is 13.0 Å². The molecule has 5 nitrogen and oxygen atoms in total. The summed E-state index contributed by atoms with van der Waals surface area (Å²) in [5.41, 5.74) is 0.883. The highest BCUT2D eigenvalue weighted by molar-refractivity contribution is 7.98. The maximum Gasteiger partial charge on any atom is 0.479 e. The fourth-order valence-corrected chi connectivity index (χ4v) is 2.74.